The maximum atomic E-state index is 12.4. The molecule has 0 unspecified atom stereocenters. The Bertz CT molecular complexity index is 676. The monoisotopic (exact) mass is 329 g/mol. The molecule has 0 aliphatic carbocycles. The van der Waals surface area contributed by atoms with Gasteiger partial charge in [0, 0.05) is 19.2 Å². The number of rotatable bonds is 8. The van der Waals surface area contributed by atoms with Crippen molar-refractivity contribution < 1.29 is 9.53 Å². The SMILES string of the molecule is CCOc1ccccc1NC(=O)c1cc(NCCN(C)C)ncn1. The standard InChI is InChI=1S/C17H23N5O2/c1-4-24-15-8-6-5-7-13(15)21-17(23)14-11-16(20-12-19-14)18-9-10-22(2)3/h5-8,11-12H,4,9-10H2,1-3H3,(H,21,23)(H,18,19,20). The highest BCUT2D eigenvalue weighted by Crippen LogP contribution is 2.24. The fourth-order valence-electron chi connectivity index (χ4n) is 2.02. The zero-order valence-electron chi connectivity index (χ0n) is 14.2. The topological polar surface area (TPSA) is 79.4 Å². The molecule has 24 heavy (non-hydrogen) atoms. The van der Waals surface area contributed by atoms with Crippen LogP contribution >= 0.6 is 0 Å². The van der Waals surface area contributed by atoms with Gasteiger partial charge >= 0.3 is 0 Å². The second kappa shape index (κ2) is 8.83. The van der Waals surface area contributed by atoms with E-state index in [2.05, 4.69) is 25.5 Å². The number of benzene rings is 1. The average molecular weight is 329 g/mol. The third-order valence-electron chi connectivity index (χ3n) is 3.20. The largest absolute Gasteiger partial charge is 0.492 e. The van der Waals surface area contributed by atoms with Gasteiger partial charge in [0.15, 0.2) is 0 Å². The molecule has 0 radical (unpaired) electrons. The second-order valence-corrected chi connectivity index (χ2v) is 5.40. The van der Waals surface area contributed by atoms with Gasteiger partial charge in [0.2, 0.25) is 0 Å². The minimum Gasteiger partial charge on any atom is -0.492 e. The van der Waals surface area contributed by atoms with E-state index in [1.54, 1.807) is 12.1 Å². The molecular weight excluding hydrogens is 306 g/mol. The van der Waals surface area contributed by atoms with Crippen LogP contribution in [0.3, 0.4) is 0 Å². The lowest BCUT2D eigenvalue weighted by molar-refractivity contribution is 0.102. The summed E-state index contributed by atoms with van der Waals surface area (Å²) >= 11 is 0. The number of carbonyl (C=O) groups excluding carboxylic acids is 1. The molecule has 1 aromatic heterocycles. The summed E-state index contributed by atoms with van der Waals surface area (Å²) in [4.78, 5) is 22.6. The van der Waals surface area contributed by atoms with Crippen LogP contribution in [0.4, 0.5) is 11.5 Å². The summed E-state index contributed by atoms with van der Waals surface area (Å²) in [6.45, 7) is 4.03. The van der Waals surface area contributed by atoms with E-state index in [1.165, 1.54) is 6.33 Å². The predicted octanol–water partition coefficient (Wildman–Crippen LogP) is 2.10. The smallest absolute Gasteiger partial charge is 0.274 e. The van der Waals surface area contributed by atoms with Crippen molar-refractivity contribution in [3.8, 4) is 5.75 Å². The van der Waals surface area contributed by atoms with Gasteiger partial charge in [0.1, 0.15) is 23.6 Å². The molecule has 1 heterocycles. The Morgan fingerprint density at radius 2 is 2.04 bits per heavy atom. The third kappa shape index (κ3) is 5.20. The first kappa shape index (κ1) is 17.7. The zero-order valence-corrected chi connectivity index (χ0v) is 14.2. The third-order valence-corrected chi connectivity index (χ3v) is 3.20. The maximum Gasteiger partial charge on any atom is 0.274 e. The summed E-state index contributed by atoms with van der Waals surface area (Å²) in [5.41, 5.74) is 0.911. The molecule has 0 saturated carbocycles. The number of hydrogen-bond donors (Lipinski definition) is 2. The number of nitrogens with one attached hydrogen (secondary N) is 2. The molecule has 0 saturated heterocycles. The number of para-hydroxylation sites is 2. The molecule has 7 nitrogen and oxygen atoms in total. The van der Waals surface area contributed by atoms with E-state index in [4.69, 9.17) is 4.74 Å². The number of aromatic nitrogens is 2. The molecule has 1 amide bonds. The molecule has 128 valence electrons. The number of nitrogens with zero attached hydrogens (tertiary/aromatic N) is 3. The maximum absolute atomic E-state index is 12.4. The van der Waals surface area contributed by atoms with Gasteiger partial charge in [-0.25, -0.2) is 9.97 Å². The van der Waals surface area contributed by atoms with Gasteiger partial charge in [-0.3, -0.25) is 4.79 Å². The highest BCUT2D eigenvalue weighted by atomic mass is 16.5. The van der Waals surface area contributed by atoms with Gasteiger partial charge < -0.3 is 20.3 Å². The lowest BCUT2D eigenvalue weighted by Gasteiger charge is -2.12. The number of amides is 1. The Kier molecular flexibility index (Phi) is 6.51. The van der Waals surface area contributed by atoms with Crippen molar-refractivity contribution in [3.05, 3.63) is 42.4 Å². The molecule has 0 bridgehead atoms. The van der Waals surface area contributed by atoms with Crippen molar-refractivity contribution in [2.75, 3.05) is 44.4 Å². The summed E-state index contributed by atoms with van der Waals surface area (Å²) in [6.07, 6.45) is 1.38. The molecule has 2 aromatic rings. The molecule has 0 aliphatic heterocycles. The fourth-order valence-corrected chi connectivity index (χ4v) is 2.02. The quantitative estimate of drug-likeness (QED) is 0.772. The van der Waals surface area contributed by atoms with Crippen molar-refractivity contribution in [1.82, 2.24) is 14.9 Å². The lowest BCUT2D eigenvalue weighted by atomic mass is 10.2. The molecule has 0 fully saturated rings. The van der Waals surface area contributed by atoms with E-state index in [9.17, 15) is 4.79 Å². The zero-order chi connectivity index (χ0) is 17.4. The average Bonchev–Trinajstić information content (AvgIpc) is 2.57. The first-order valence-corrected chi connectivity index (χ1v) is 7.84. The van der Waals surface area contributed by atoms with Crippen molar-refractivity contribution in [3.63, 3.8) is 0 Å². The van der Waals surface area contributed by atoms with Gasteiger partial charge in [-0.15, -0.1) is 0 Å². The van der Waals surface area contributed by atoms with E-state index in [0.29, 0.717) is 29.6 Å². The number of likely N-dealkylation sites (N-methyl/N-ethyl adjacent to an activating group) is 1. The van der Waals surface area contributed by atoms with Crippen LogP contribution in [-0.2, 0) is 0 Å². The van der Waals surface area contributed by atoms with Crippen LogP contribution < -0.4 is 15.4 Å². The minimum absolute atomic E-state index is 0.295. The van der Waals surface area contributed by atoms with E-state index in [-0.39, 0.29) is 5.91 Å². The van der Waals surface area contributed by atoms with Crippen LogP contribution in [-0.4, -0.2) is 54.6 Å². The van der Waals surface area contributed by atoms with Crippen LogP contribution in [0, 0.1) is 0 Å². The Hall–Kier alpha value is -2.67. The molecule has 2 N–H and O–H groups in total. The molecule has 0 atom stereocenters. The molecule has 1 aromatic carbocycles. The van der Waals surface area contributed by atoms with E-state index < -0.39 is 0 Å². The van der Waals surface area contributed by atoms with Gasteiger partial charge in [-0.05, 0) is 33.2 Å². The van der Waals surface area contributed by atoms with Crippen LogP contribution in [0.25, 0.3) is 0 Å². The van der Waals surface area contributed by atoms with Gasteiger partial charge in [0.25, 0.3) is 5.91 Å². The van der Waals surface area contributed by atoms with Crippen LogP contribution in [0.15, 0.2) is 36.7 Å². The van der Waals surface area contributed by atoms with Crippen LogP contribution in [0.5, 0.6) is 5.75 Å². The molecule has 2 rings (SSSR count). The summed E-state index contributed by atoms with van der Waals surface area (Å²) in [5, 5.41) is 5.99. The van der Waals surface area contributed by atoms with E-state index in [1.807, 2.05) is 39.2 Å². The molecular formula is C17H23N5O2. The van der Waals surface area contributed by atoms with E-state index >= 15 is 0 Å². The molecule has 0 aliphatic rings. The number of anilines is 2. The number of carbonyl (C=O) groups is 1. The normalized spacial score (nSPS) is 10.5. The van der Waals surface area contributed by atoms with Crippen LogP contribution in [0.1, 0.15) is 17.4 Å². The molecule has 7 heteroatoms. The highest BCUT2D eigenvalue weighted by Gasteiger charge is 2.12. The Morgan fingerprint density at radius 1 is 1.25 bits per heavy atom. The summed E-state index contributed by atoms with van der Waals surface area (Å²) < 4.78 is 5.51. The minimum atomic E-state index is -0.305. The number of ether oxygens (including phenoxy) is 1. The Morgan fingerprint density at radius 3 is 2.79 bits per heavy atom. The summed E-state index contributed by atoms with van der Waals surface area (Å²) in [6, 6.07) is 8.94. The van der Waals surface area contributed by atoms with Crippen molar-refractivity contribution in [2.24, 2.45) is 0 Å². The van der Waals surface area contributed by atoms with Gasteiger partial charge in [-0.1, -0.05) is 12.1 Å². The van der Waals surface area contributed by atoms with E-state index in [0.717, 1.165) is 13.1 Å². The fraction of sp³-hybridized carbons (Fsp3) is 0.353. The van der Waals surface area contributed by atoms with Crippen molar-refractivity contribution in [2.45, 2.75) is 6.92 Å². The first-order chi connectivity index (χ1) is 11.6. The van der Waals surface area contributed by atoms with Gasteiger partial charge in [0.05, 0.1) is 12.3 Å². The Labute approximate surface area is 142 Å². The molecule has 0 spiro atoms. The van der Waals surface area contributed by atoms with Gasteiger partial charge in [-0.2, -0.15) is 0 Å². The highest BCUT2D eigenvalue weighted by molar-refractivity contribution is 6.04. The van der Waals surface area contributed by atoms with Crippen LogP contribution in [0.2, 0.25) is 0 Å². The number of hydrogen-bond acceptors (Lipinski definition) is 6. The lowest BCUT2D eigenvalue weighted by Crippen LogP contribution is -2.21. The van der Waals surface area contributed by atoms with Crippen molar-refractivity contribution >= 4 is 17.4 Å². The van der Waals surface area contributed by atoms with Crippen molar-refractivity contribution in [1.29, 1.82) is 0 Å². The predicted molar refractivity (Wildman–Crippen MR) is 94.6 cm³/mol. The Balaban J connectivity index is 2.05. The second-order valence-electron chi connectivity index (χ2n) is 5.40. The summed E-state index contributed by atoms with van der Waals surface area (Å²) in [7, 11) is 3.99. The first-order valence-electron chi connectivity index (χ1n) is 7.84. The summed E-state index contributed by atoms with van der Waals surface area (Å²) in [5.74, 6) is 0.946.